The maximum Gasteiger partial charge on any atom is 0.172 e. The van der Waals surface area contributed by atoms with E-state index in [9.17, 15) is 13.5 Å². The highest BCUT2D eigenvalue weighted by Crippen LogP contribution is 2.35. The summed E-state index contributed by atoms with van der Waals surface area (Å²) in [6.07, 6.45) is 0.617. The molecule has 0 bridgehead atoms. The molecule has 1 fully saturated rings. The number of sulfone groups is 1. The Bertz CT molecular complexity index is 617. The van der Waals surface area contributed by atoms with Gasteiger partial charge in [-0.1, -0.05) is 0 Å². The minimum atomic E-state index is -2.92. The lowest BCUT2D eigenvalue weighted by Crippen LogP contribution is -2.42. The second kappa shape index (κ2) is 5.54. The zero-order chi connectivity index (χ0) is 15.0. The van der Waals surface area contributed by atoms with Crippen molar-refractivity contribution in [2.45, 2.75) is 25.4 Å². The van der Waals surface area contributed by atoms with E-state index in [0.29, 0.717) is 23.2 Å². The number of ether oxygens (including phenoxy) is 1. The standard InChI is InChI=1S/C13H18BrNO4S/c1-13(3-4-20(17,18)8-13)15-7-9-5-10(14)12(16)11(6-9)19-2/h5-6,15-16H,3-4,7-8H2,1-2H3. The van der Waals surface area contributed by atoms with Gasteiger partial charge in [-0.25, -0.2) is 8.42 Å². The summed E-state index contributed by atoms with van der Waals surface area (Å²) in [6.45, 7) is 2.44. The van der Waals surface area contributed by atoms with Gasteiger partial charge in [-0.05, 0) is 47.0 Å². The van der Waals surface area contributed by atoms with E-state index in [4.69, 9.17) is 4.74 Å². The van der Waals surface area contributed by atoms with E-state index in [1.807, 2.05) is 6.92 Å². The first-order valence-electron chi connectivity index (χ1n) is 6.25. The van der Waals surface area contributed by atoms with Crippen LogP contribution in [0.3, 0.4) is 0 Å². The van der Waals surface area contributed by atoms with Gasteiger partial charge in [0.2, 0.25) is 0 Å². The summed E-state index contributed by atoms with van der Waals surface area (Å²) < 4.78 is 28.8. The molecule has 1 heterocycles. The molecule has 7 heteroatoms. The van der Waals surface area contributed by atoms with Crippen molar-refractivity contribution in [3.8, 4) is 11.5 Å². The molecule has 0 saturated carbocycles. The molecule has 0 aromatic heterocycles. The third-order valence-corrected chi connectivity index (χ3v) is 6.04. The number of aromatic hydroxyl groups is 1. The molecule has 1 aromatic carbocycles. The highest BCUT2D eigenvalue weighted by molar-refractivity contribution is 9.10. The minimum absolute atomic E-state index is 0.0610. The Hall–Kier alpha value is -0.790. The van der Waals surface area contributed by atoms with Crippen LogP contribution in [0, 0.1) is 0 Å². The molecule has 1 aliphatic rings. The Morgan fingerprint density at radius 1 is 1.50 bits per heavy atom. The topological polar surface area (TPSA) is 75.6 Å². The molecule has 1 aliphatic heterocycles. The third kappa shape index (κ3) is 3.45. The van der Waals surface area contributed by atoms with Crippen LogP contribution in [0.15, 0.2) is 16.6 Å². The maximum absolute atomic E-state index is 11.6. The number of nitrogens with one attached hydrogen (secondary N) is 1. The summed E-state index contributed by atoms with van der Waals surface area (Å²) in [4.78, 5) is 0. The number of benzene rings is 1. The number of phenolic OH excluding ortho intramolecular Hbond substituents is 1. The van der Waals surface area contributed by atoms with Gasteiger partial charge in [-0.2, -0.15) is 0 Å². The van der Waals surface area contributed by atoms with E-state index >= 15 is 0 Å². The molecular weight excluding hydrogens is 346 g/mol. The predicted molar refractivity (Wildman–Crippen MR) is 80.9 cm³/mol. The summed E-state index contributed by atoms with van der Waals surface area (Å²) in [5.41, 5.74) is 0.522. The van der Waals surface area contributed by atoms with Crippen LogP contribution in [-0.4, -0.2) is 37.7 Å². The molecule has 1 saturated heterocycles. The van der Waals surface area contributed by atoms with Crippen LogP contribution < -0.4 is 10.1 Å². The smallest absolute Gasteiger partial charge is 0.172 e. The second-order valence-corrected chi connectivity index (χ2v) is 8.42. The van der Waals surface area contributed by atoms with E-state index in [2.05, 4.69) is 21.2 Å². The first kappa shape index (κ1) is 15.6. The molecule has 0 aliphatic carbocycles. The fourth-order valence-corrected chi connectivity index (χ4v) is 4.96. The lowest BCUT2D eigenvalue weighted by atomic mass is 10.0. The summed E-state index contributed by atoms with van der Waals surface area (Å²) >= 11 is 3.27. The molecule has 2 N–H and O–H groups in total. The van der Waals surface area contributed by atoms with Crippen LogP contribution >= 0.6 is 15.9 Å². The minimum Gasteiger partial charge on any atom is -0.503 e. The first-order valence-corrected chi connectivity index (χ1v) is 8.87. The van der Waals surface area contributed by atoms with Crippen LogP contribution in [0.4, 0.5) is 0 Å². The number of phenols is 1. The van der Waals surface area contributed by atoms with Crippen molar-refractivity contribution in [1.29, 1.82) is 0 Å². The molecule has 1 aromatic rings. The fraction of sp³-hybridized carbons (Fsp3) is 0.538. The van der Waals surface area contributed by atoms with Gasteiger partial charge in [0.05, 0.1) is 23.1 Å². The van der Waals surface area contributed by atoms with Gasteiger partial charge < -0.3 is 15.2 Å². The maximum atomic E-state index is 11.6. The van der Waals surface area contributed by atoms with Crippen LogP contribution in [0.25, 0.3) is 0 Å². The Kier molecular flexibility index (Phi) is 4.32. The number of hydrogen-bond acceptors (Lipinski definition) is 5. The summed E-state index contributed by atoms with van der Waals surface area (Å²) in [5.74, 6) is 0.849. The van der Waals surface area contributed by atoms with Crippen LogP contribution in [0.2, 0.25) is 0 Å². The predicted octanol–water partition coefficient (Wildman–Crippen LogP) is 1.83. The van der Waals surface area contributed by atoms with Crippen molar-refractivity contribution in [3.63, 3.8) is 0 Å². The first-order chi connectivity index (χ1) is 9.25. The molecular formula is C13H18BrNO4S. The van der Waals surface area contributed by atoms with Gasteiger partial charge >= 0.3 is 0 Å². The molecule has 5 nitrogen and oxygen atoms in total. The molecule has 20 heavy (non-hydrogen) atoms. The van der Waals surface area contributed by atoms with Crippen molar-refractivity contribution in [2.24, 2.45) is 0 Å². The van der Waals surface area contributed by atoms with E-state index in [1.165, 1.54) is 7.11 Å². The molecule has 0 spiro atoms. The Morgan fingerprint density at radius 2 is 2.20 bits per heavy atom. The SMILES string of the molecule is COc1cc(CNC2(C)CCS(=O)(=O)C2)cc(Br)c1O. The highest BCUT2D eigenvalue weighted by Gasteiger charge is 2.37. The molecule has 2 rings (SSSR count). The molecule has 1 atom stereocenters. The molecule has 0 radical (unpaired) electrons. The van der Waals surface area contributed by atoms with E-state index in [1.54, 1.807) is 12.1 Å². The van der Waals surface area contributed by atoms with Gasteiger partial charge in [-0.15, -0.1) is 0 Å². The Labute approximate surface area is 127 Å². The second-order valence-electron chi connectivity index (χ2n) is 5.38. The van der Waals surface area contributed by atoms with E-state index in [-0.39, 0.29) is 17.3 Å². The van der Waals surface area contributed by atoms with Gasteiger partial charge in [0.15, 0.2) is 21.3 Å². The lowest BCUT2D eigenvalue weighted by Gasteiger charge is -2.24. The van der Waals surface area contributed by atoms with Crippen molar-refractivity contribution < 1.29 is 18.3 Å². The Balaban J connectivity index is 2.10. The van der Waals surface area contributed by atoms with Crippen molar-refractivity contribution in [2.75, 3.05) is 18.6 Å². The monoisotopic (exact) mass is 363 g/mol. The summed E-state index contributed by atoms with van der Waals surface area (Å²) in [6, 6.07) is 3.53. The number of methoxy groups -OCH3 is 1. The largest absolute Gasteiger partial charge is 0.503 e. The van der Waals surface area contributed by atoms with Crippen molar-refractivity contribution in [3.05, 3.63) is 22.2 Å². The average Bonchev–Trinajstić information content (AvgIpc) is 2.65. The summed E-state index contributed by atoms with van der Waals surface area (Å²) in [5, 5.41) is 13.0. The third-order valence-electron chi connectivity index (χ3n) is 3.53. The molecule has 0 amide bonds. The number of hydrogen-bond donors (Lipinski definition) is 2. The fourth-order valence-electron chi connectivity index (χ4n) is 2.35. The number of halogens is 1. The van der Waals surface area contributed by atoms with Crippen molar-refractivity contribution in [1.82, 2.24) is 5.32 Å². The lowest BCUT2D eigenvalue weighted by molar-refractivity contribution is 0.369. The van der Waals surface area contributed by atoms with Gasteiger partial charge in [0, 0.05) is 12.1 Å². The van der Waals surface area contributed by atoms with Gasteiger partial charge in [-0.3, -0.25) is 0 Å². The quantitative estimate of drug-likeness (QED) is 0.853. The number of rotatable bonds is 4. The van der Waals surface area contributed by atoms with Crippen LogP contribution in [0.5, 0.6) is 11.5 Å². The van der Waals surface area contributed by atoms with Crippen LogP contribution in [0.1, 0.15) is 18.9 Å². The van der Waals surface area contributed by atoms with E-state index < -0.39 is 15.4 Å². The Morgan fingerprint density at radius 3 is 2.75 bits per heavy atom. The normalized spacial score (nSPS) is 24.8. The van der Waals surface area contributed by atoms with Crippen LogP contribution in [-0.2, 0) is 16.4 Å². The van der Waals surface area contributed by atoms with Gasteiger partial charge in [0.25, 0.3) is 0 Å². The molecule has 112 valence electrons. The highest BCUT2D eigenvalue weighted by atomic mass is 79.9. The zero-order valence-corrected chi connectivity index (χ0v) is 13.8. The van der Waals surface area contributed by atoms with Gasteiger partial charge in [0.1, 0.15) is 0 Å². The van der Waals surface area contributed by atoms with Crippen molar-refractivity contribution >= 4 is 25.8 Å². The summed E-state index contributed by atoms with van der Waals surface area (Å²) in [7, 11) is -1.43. The zero-order valence-electron chi connectivity index (χ0n) is 11.4. The average molecular weight is 364 g/mol. The van der Waals surface area contributed by atoms with E-state index in [0.717, 1.165) is 5.56 Å². The molecule has 1 unspecified atom stereocenters.